The highest BCUT2D eigenvalue weighted by molar-refractivity contribution is 5.47. The van der Waals surface area contributed by atoms with Crippen molar-refractivity contribution in [2.24, 2.45) is 0 Å². The van der Waals surface area contributed by atoms with Gasteiger partial charge >= 0.3 is 0 Å². The molecule has 88 valence electrons. The summed E-state index contributed by atoms with van der Waals surface area (Å²) in [5, 5.41) is 6.25. The number of aryl methyl sites for hydroxylation is 1. The molecule has 0 aromatic carbocycles. The molecule has 2 N–H and O–H groups in total. The monoisotopic (exact) mass is 229 g/mol. The van der Waals surface area contributed by atoms with Crippen LogP contribution in [0.15, 0.2) is 30.6 Å². The van der Waals surface area contributed by atoms with Crippen LogP contribution < -0.4 is 10.6 Å². The van der Waals surface area contributed by atoms with E-state index >= 15 is 0 Å². The van der Waals surface area contributed by atoms with Gasteiger partial charge in [0.05, 0.1) is 0 Å². The van der Waals surface area contributed by atoms with Gasteiger partial charge in [-0.15, -0.1) is 0 Å². The maximum Gasteiger partial charge on any atom is 0.132 e. The molecule has 2 heterocycles. The van der Waals surface area contributed by atoms with Crippen molar-refractivity contribution in [3.8, 4) is 0 Å². The Balaban J connectivity index is 2.06. The number of anilines is 2. The zero-order valence-corrected chi connectivity index (χ0v) is 9.94. The quantitative estimate of drug-likeness (QED) is 0.837. The average molecular weight is 229 g/mol. The van der Waals surface area contributed by atoms with E-state index in [0.29, 0.717) is 6.54 Å². The fourth-order valence-corrected chi connectivity index (χ4v) is 1.48. The van der Waals surface area contributed by atoms with E-state index in [2.05, 4.69) is 25.6 Å². The fraction of sp³-hybridized carbons (Fsp3) is 0.250. The standard InChI is InChI=1S/C12H15N5/c1-9-16-11(13-2)6-12(17-9)15-8-10-4-3-5-14-7-10/h3-7H,8H2,1-2H3,(H2,13,15,16,17). The lowest BCUT2D eigenvalue weighted by atomic mass is 10.3. The Bertz CT molecular complexity index is 484. The Labute approximate surface area is 100 Å². The van der Waals surface area contributed by atoms with Crippen molar-refractivity contribution in [1.82, 2.24) is 15.0 Å². The van der Waals surface area contributed by atoms with Crippen molar-refractivity contribution in [2.75, 3.05) is 17.7 Å². The molecule has 17 heavy (non-hydrogen) atoms. The molecule has 0 aliphatic carbocycles. The Hall–Kier alpha value is -2.17. The third-order valence-corrected chi connectivity index (χ3v) is 2.29. The lowest BCUT2D eigenvalue weighted by molar-refractivity contribution is 1.02. The van der Waals surface area contributed by atoms with Crippen molar-refractivity contribution >= 4 is 11.6 Å². The highest BCUT2D eigenvalue weighted by Gasteiger charge is 2.00. The van der Waals surface area contributed by atoms with Crippen molar-refractivity contribution in [3.63, 3.8) is 0 Å². The van der Waals surface area contributed by atoms with Gasteiger partial charge in [0.1, 0.15) is 17.5 Å². The van der Waals surface area contributed by atoms with Gasteiger partial charge in [-0.25, -0.2) is 9.97 Å². The zero-order chi connectivity index (χ0) is 12.1. The van der Waals surface area contributed by atoms with Gasteiger partial charge < -0.3 is 10.6 Å². The number of rotatable bonds is 4. The van der Waals surface area contributed by atoms with Crippen LogP contribution in [0.1, 0.15) is 11.4 Å². The summed E-state index contributed by atoms with van der Waals surface area (Å²) < 4.78 is 0. The summed E-state index contributed by atoms with van der Waals surface area (Å²) in [6, 6.07) is 5.82. The molecular formula is C12H15N5. The first-order valence-electron chi connectivity index (χ1n) is 5.44. The van der Waals surface area contributed by atoms with E-state index in [-0.39, 0.29) is 0 Å². The van der Waals surface area contributed by atoms with Crippen LogP contribution in [0, 0.1) is 6.92 Å². The van der Waals surface area contributed by atoms with E-state index < -0.39 is 0 Å². The number of nitrogens with one attached hydrogen (secondary N) is 2. The molecule has 0 saturated carbocycles. The summed E-state index contributed by atoms with van der Waals surface area (Å²) in [4.78, 5) is 12.6. The summed E-state index contributed by atoms with van der Waals surface area (Å²) >= 11 is 0. The van der Waals surface area contributed by atoms with Crippen LogP contribution in [-0.2, 0) is 6.54 Å². The predicted molar refractivity (Wildman–Crippen MR) is 67.9 cm³/mol. The molecule has 0 amide bonds. The van der Waals surface area contributed by atoms with Crippen LogP contribution in [0.3, 0.4) is 0 Å². The molecule has 0 spiro atoms. The maximum atomic E-state index is 4.31. The van der Waals surface area contributed by atoms with E-state index in [1.807, 2.05) is 38.4 Å². The van der Waals surface area contributed by atoms with E-state index in [1.54, 1.807) is 6.20 Å². The minimum absolute atomic E-state index is 0.702. The summed E-state index contributed by atoms with van der Waals surface area (Å²) in [7, 11) is 1.84. The second-order valence-electron chi connectivity index (χ2n) is 3.65. The highest BCUT2D eigenvalue weighted by atomic mass is 15.1. The van der Waals surface area contributed by atoms with Gasteiger partial charge in [-0.3, -0.25) is 4.98 Å². The summed E-state index contributed by atoms with van der Waals surface area (Å²) in [5.74, 6) is 2.36. The van der Waals surface area contributed by atoms with Crippen molar-refractivity contribution in [3.05, 3.63) is 42.0 Å². The third-order valence-electron chi connectivity index (χ3n) is 2.29. The van der Waals surface area contributed by atoms with E-state index in [9.17, 15) is 0 Å². The van der Waals surface area contributed by atoms with E-state index in [4.69, 9.17) is 0 Å². The van der Waals surface area contributed by atoms with Crippen LogP contribution in [0.4, 0.5) is 11.6 Å². The maximum absolute atomic E-state index is 4.31. The average Bonchev–Trinajstić information content (AvgIpc) is 2.37. The van der Waals surface area contributed by atoms with Crippen LogP contribution in [-0.4, -0.2) is 22.0 Å². The molecule has 0 atom stereocenters. The smallest absolute Gasteiger partial charge is 0.132 e. The Kier molecular flexibility index (Phi) is 3.49. The molecule has 0 unspecified atom stereocenters. The number of hydrogen-bond donors (Lipinski definition) is 2. The second kappa shape index (κ2) is 5.25. The Morgan fingerprint density at radius 1 is 1.24 bits per heavy atom. The molecule has 5 heteroatoms. The minimum atomic E-state index is 0.702. The molecule has 0 aliphatic heterocycles. The summed E-state index contributed by atoms with van der Waals surface area (Å²) in [6.07, 6.45) is 3.59. The first-order valence-corrected chi connectivity index (χ1v) is 5.44. The van der Waals surface area contributed by atoms with Crippen LogP contribution in [0.2, 0.25) is 0 Å². The van der Waals surface area contributed by atoms with Gasteiger partial charge in [0, 0.05) is 32.1 Å². The number of hydrogen-bond acceptors (Lipinski definition) is 5. The zero-order valence-electron chi connectivity index (χ0n) is 9.94. The van der Waals surface area contributed by atoms with Gasteiger partial charge in [-0.2, -0.15) is 0 Å². The number of pyridine rings is 1. The number of nitrogens with zero attached hydrogens (tertiary/aromatic N) is 3. The van der Waals surface area contributed by atoms with E-state index in [0.717, 1.165) is 23.0 Å². The summed E-state index contributed by atoms with van der Waals surface area (Å²) in [6.45, 7) is 2.57. The highest BCUT2D eigenvalue weighted by Crippen LogP contribution is 2.11. The lowest BCUT2D eigenvalue weighted by Gasteiger charge is -2.08. The van der Waals surface area contributed by atoms with E-state index in [1.165, 1.54) is 0 Å². The van der Waals surface area contributed by atoms with Gasteiger partial charge in [0.25, 0.3) is 0 Å². The minimum Gasteiger partial charge on any atom is -0.373 e. The molecule has 2 rings (SSSR count). The first-order chi connectivity index (χ1) is 8.28. The Morgan fingerprint density at radius 3 is 2.76 bits per heavy atom. The molecule has 0 aliphatic rings. The molecule has 0 fully saturated rings. The predicted octanol–water partition coefficient (Wildman–Crippen LogP) is 1.83. The molecule has 5 nitrogen and oxygen atoms in total. The van der Waals surface area contributed by atoms with Gasteiger partial charge in [0.2, 0.25) is 0 Å². The van der Waals surface area contributed by atoms with Gasteiger partial charge in [0.15, 0.2) is 0 Å². The fourth-order valence-electron chi connectivity index (χ4n) is 1.48. The normalized spacial score (nSPS) is 10.0. The molecule has 0 radical (unpaired) electrons. The van der Waals surface area contributed by atoms with Crippen LogP contribution in [0.25, 0.3) is 0 Å². The molecule has 0 saturated heterocycles. The SMILES string of the molecule is CNc1cc(NCc2cccnc2)nc(C)n1. The Morgan fingerprint density at radius 2 is 2.06 bits per heavy atom. The second-order valence-corrected chi connectivity index (χ2v) is 3.65. The molecular weight excluding hydrogens is 214 g/mol. The summed E-state index contributed by atoms with van der Waals surface area (Å²) in [5.41, 5.74) is 1.12. The number of aromatic nitrogens is 3. The van der Waals surface area contributed by atoms with Gasteiger partial charge in [-0.05, 0) is 18.6 Å². The molecule has 2 aromatic rings. The first kappa shape index (κ1) is 11.3. The largest absolute Gasteiger partial charge is 0.373 e. The van der Waals surface area contributed by atoms with Crippen LogP contribution in [0.5, 0.6) is 0 Å². The lowest BCUT2D eigenvalue weighted by Crippen LogP contribution is -2.05. The molecule has 0 bridgehead atoms. The van der Waals surface area contributed by atoms with Crippen LogP contribution >= 0.6 is 0 Å². The third kappa shape index (κ3) is 3.14. The van der Waals surface area contributed by atoms with Gasteiger partial charge in [-0.1, -0.05) is 6.07 Å². The topological polar surface area (TPSA) is 62.7 Å². The van der Waals surface area contributed by atoms with Crippen molar-refractivity contribution in [1.29, 1.82) is 0 Å². The molecule has 2 aromatic heterocycles. The van der Waals surface area contributed by atoms with Crippen molar-refractivity contribution in [2.45, 2.75) is 13.5 Å². The van der Waals surface area contributed by atoms with Crippen molar-refractivity contribution < 1.29 is 0 Å².